The lowest BCUT2D eigenvalue weighted by molar-refractivity contribution is 0.114. The monoisotopic (exact) mass is 233 g/mol. The van der Waals surface area contributed by atoms with Crippen LogP contribution in [-0.2, 0) is 0 Å². The third kappa shape index (κ3) is 3.06. The summed E-state index contributed by atoms with van der Waals surface area (Å²) in [6, 6.07) is 9.10. The van der Waals surface area contributed by atoms with Crippen LogP contribution in [0.1, 0.15) is 17.2 Å². The molecule has 2 N–H and O–H groups in total. The zero-order valence-electron chi connectivity index (χ0n) is 10.9. The van der Waals surface area contributed by atoms with E-state index in [4.69, 9.17) is 5.73 Å². The molecule has 1 heterocycles. The number of nitrogens with two attached hydrogens (primary N) is 1. The highest BCUT2D eigenvalue weighted by Crippen LogP contribution is 2.21. The molecule has 1 aliphatic heterocycles. The molecule has 2 rings (SSSR count). The third-order valence-electron chi connectivity index (χ3n) is 3.63. The summed E-state index contributed by atoms with van der Waals surface area (Å²) < 4.78 is 0. The van der Waals surface area contributed by atoms with E-state index in [2.05, 4.69) is 48.0 Å². The molecule has 0 aromatic heterocycles. The van der Waals surface area contributed by atoms with Crippen LogP contribution in [0.2, 0.25) is 0 Å². The highest BCUT2D eigenvalue weighted by Gasteiger charge is 2.22. The highest BCUT2D eigenvalue weighted by molar-refractivity contribution is 5.25. The molecule has 1 aromatic carbocycles. The Hall–Kier alpha value is -0.900. The van der Waals surface area contributed by atoms with Gasteiger partial charge in [0.2, 0.25) is 0 Å². The molecule has 1 fully saturated rings. The second kappa shape index (κ2) is 5.63. The molecule has 1 aromatic rings. The van der Waals surface area contributed by atoms with Crippen LogP contribution in [0.5, 0.6) is 0 Å². The topological polar surface area (TPSA) is 32.5 Å². The minimum absolute atomic E-state index is 0.378. The van der Waals surface area contributed by atoms with Gasteiger partial charge in [-0.15, -0.1) is 0 Å². The van der Waals surface area contributed by atoms with Crippen molar-refractivity contribution in [3.63, 3.8) is 0 Å². The SMILES string of the molecule is Cc1cccc(C(CN)N2CCN(C)CC2)c1. The van der Waals surface area contributed by atoms with E-state index in [-0.39, 0.29) is 0 Å². The molecule has 0 radical (unpaired) electrons. The van der Waals surface area contributed by atoms with Crippen LogP contribution in [0.4, 0.5) is 0 Å². The molecule has 0 amide bonds. The molecule has 1 aliphatic rings. The Bertz CT molecular complexity index is 356. The number of aryl methyl sites for hydroxylation is 1. The molecule has 0 spiro atoms. The zero-order valence-corrected chi connectivity index (χ0v) is 10.9. The number of nitrogens with zero attached hydrogens (tertiary/aromatic N) is 2. The van der Waals surface area contributed by atoms with E-state index in [9.17, 15) is 0 Å². The molecule has 1 saturated heterocycles. The van der Waals surface area contributed by atoms with Gasteiger partial charge >= 0.3 is 0 Å². The molecule has 1 unspecified atom stereocenters. The zero-order chi connectivity index (χ0) is 12.3. The normalized spacial score (nSPS) is 20.4. The van der Waals surface area contributed by atoms with Crippen LogP contribution in [-0.4, -0.2) is 49.6 Å². The van der Waals surface area contributed by atoms with Crippen LogP contribution in [0, 0.1) is 6.92 Å². The van der Waals surface area contributed by atoms with Crippen LogP contribution in [0.3, 0.4) is 0 Å². The predicted molar refractivity (Wildman–Crippen MR) is 72.0 cm³/mol. The van der Waals surface area contributed by atoms with Gasteiger partial charge in [0.25, 0.3) is 0 Å². The number of piperazine rings is 1. The molecule has 0 aliphatic carbocycles. The number of rotatable bonds is 3. The van der Waals surface area contributed by atoms with Crippen molar-refractivity contribution in [1.82, 2.24) is 9.80 Å². The molecule has 94 valence electrons. The van der Waals surface area contributed by atoms with Gasteiger partial charge in [0.05, 0.1) is 0 Å². The average molecular weight is 233 g/mol. The predicted octanol–water partition coefficient (Wildman–Crippen LogP) is 1.24. The second-order valence-corrected chi connectivity index (χ2v) is 5.00. The Morgan fingerprint density at radius 2 is 1.94 bits per heavy atom. The number of hydrogen-bond acceptors (Lipinski definition) is 3. The van der Waals surface area contributed by atoms with Gasteiger partial charge < -0.3 is 10.6 Å². The van der Waals surface area contributed by atoms with Crippen molar-refractivity contribution in [3.05, 3.63) is 35.4 Å². The average Bonchev–Trinajstić information content (AvgIpc) is 2.33. The molecule has 1 atom stereocenters. The minimum atomic E-state index is 0.378. The molecular formula is C14H23N3. The van der Waals surface area contributed by atoms with Crippen molar-refractivity contribution < 1.29 is 0 Å². The van der Waals surface area contributed by atoms with Crippen molar-refractivity contribution in [1.29, 1.82) is 0 Å². The number of likely N-dealkylation sites (N-methyl/N-ethyl adjacent to an activating group) is 1. The first kappa shape index (κ1) is 12.6. The smallest absolute Gasteiger partial charge is 0.0471 e. The Balaban J connectivity index is 2.10. The summed E-state index contributed by atoms with van der Waals surface area (Å²) in [5, 5.41) is 0. The van der Waals surface area contributed by atoms with E-state index in [1.807, 2.05) is 0 Å². The lowest BCUT2D eigenvalue weighted by atomic mass is 10.0. The molecule has 0 saturated carbocycles. The molecular weight excluding hydrogens is 210 g/mol. The van der Waals surface area contributed by atoms with Gasteiger partial charge in [-0.2, -0.15) is 0 Å². The summed E-state index contributed by atoms with van der Waals surface area (Å²) in [4.78, 5) is 4.88. The quantitative estimate of drug-likeness (QED) is 0.852. The largest absolute Gasteiger partial charge is 0.329 e. The van der Waals surface area contributed by atoms with Gasteiger partial charge in [-0.1, -0.05) is 29.8 Å². The Morgan fingerprint density at radius 3 is 2.53 bits per heavy atom. The summed E-state index contributed by atoms with van der Waals surface area (Å²) in [6.45, 7) is 7.36. The third-order valence-corrected chi connectivity index (χ3v) is 3.63. The standard InChI is InChI=1S/C14H23N3/c1-12-4-3-5-13(10-12)14(11-15)17-8-6-16(2)7-9-17/h3-5,10,14H,6-9,11,15H2,1-2H3. The van der Waals surface area contributed by atoms with Crippen molar-refractivity contribution in [2.24, 2.45) is 5.73 Å². The number of benzene rings is 1. The Morgan fingerprint density at radius 1 is 1.24 bits per heavy atom. The van der Waals surface area contributed by atoms with E-state index in [0.717, 1.165) is 26.2 Å². The van der Waals surface area contributed by atoms with E-state index >= 15 is 0 Å². The summed E-state index contributed by atoms with van der Waals surface area (Å²) in [6.07, 6.45) is 0. The van der Waals surface area contributed by atoms with Gasteiger partial charge in [0.15, 0.2) is 0 Å². The lowest BCUT2D eigenvalue weighted by Crippen LogP contribution is -2.47. The maximum atomic E-state index is 5.97. The van der Waals surface area contributed by atoms with Crippen molar-refractivity contribution >= 4 is 0 Å². The fourth-order valence-corrected chi connectivity index (χ4v) is 2.51. The van der Waals surface area contributed by atoms with E-state index < -0.39 is 0 Å². The van der Waals surface area contributed by atoms with Gasteiger partial charge in [0, 0.05) is 38.8 Å². The van der Waals surface area contributed by atoms with Crippen LogP contribution < -0.4 is 5.73 Å². The second-order valence-electron chi connectivity index (χ2n) is 5.00. The van der Waals surface area contributed by atoms with Crippen LogP contribution in [0.15, 0.2) is 24.3 Å². The van der Waals surface area contributed by atoms with E-state index in [1.54, 1.807) is 0 Å². The van der Waals surface area contributed by atoms with Gasteiger partial charge in [0.1, 0.15) is 0 Å². The van der Waals surface area contributed by atoms with Crippen molar-refractivity contribution in [2.75, 3.05) is 39.8 Å². The summed E-state index contributed by atoms with van der Waals surface area (Å²) in [5.41, 5.74) is 8.64. The summed E-state index contributed by atoms with van der Waals surface area (Å²) >= 11 is 0. The maximum absolute atomic E-state index is 5.97. The molecule has 3 heteroatoms. The Kier molecular flexibility index (Phi) is 4.15. The summed E-state index contributed by atoms with van der Waals surface area (Å²) in [5.74, 6) is 0. The summed E-state index contributed by atoms with van der Waals surface area (Å²) in [7, 11) is 2.18. The molecule has 0 bridgehead atoms. The van der Waals surface area contributed by atoms with Gasteiger partial charge in [-0.05, 0) is 19.5 Å². The maximum Gasteiger partial charge on any atom is 0.0471 e. The minimum Gasteiger partial charge on any atom is -0.329 e. The van der Waals surface area contributed by atoms with E-state index in [0.29, 0.717) is 12.6 Å². The fourth-order valence-electron chi connectivity index (χ4n) is 2.51. The van der Waals surface area contributed by atoms with Gasteiger partial charge in [-0.3, -0.25) is 4.90 Å². The van der Waals surface area contributed by atoms with E-state index in [1.165, 1.54) is 11.1 Å². The fraction of sp³-hybridized carbons (Fsp3) is 0.571. The van der Waals surface area contributed by atoms with Gasteiger partial charge in [-0.25, -0.2) is 0 Å². The lowest BCUT2D eigenvalue weighted by Gasteiger charge is -2.37. The first-order valence-corrected chi connectivity index (χ1v) is 6.40. The first-order valence-electron chi connectivity index (χ1n) is 6.40. The van der Waals surface area contributed by atoms with Crippen molar-refractivity contribution in [2.45, 2.75) is 13.0 Å². The number of hydrogen-bond donors (Lipinski definition) is 1. The molecule has 3 nitrogen and oxygen atoms in total. The molecule has 17 heavy (non-hydrogen) atoms. The first-order chi connectivity index (χ1) is 8.20. The van der Waals surface area contributed by atoms with Crippen molar-refractivity contribution in [3.8, 4) is 0 Å². The van der Waals surface area contributed by atoms with Crippen LogP contribution in [0.25, 0.3) is 0 Å². The van der Waals surface area contributed by atoms with Crippen LogP contribution >= 0.6 is 0 Å². The Labute approximate surface area is 104 Å². The highest BCUT2D eigenvalue weighted by atomic mass is 15.3.